The van der Waals surface area contributed by atoms with Gasteiger partial charge in [0.1, 0.15) is 30.1 Å². The van der Waals surface area contributed by atoms with Gasteiger partial charge < -0.3 is 4.90 Å². The molecule has 15 nitrogen and oxygen atoms in total. The molecule has 12 aromatic rings. The van der Waals surface area contributed by atoms with Crippen molar-refractivity contribution in [1.29, 1.82) is 0 Å². The number of hydrogen-bond donors (Lipinski definition) is 0. The van der Waals surface area contributed by atoms with Crippen molar-refractivity contribution in [1.82, 2.24) is 29.8 Å². The van der Waals surface area contributed by atoms with Crippen molar-refractivity contribution in [3.05, 3.63) is 218 Å². The summed E-state index contributed by atoms with van der Waals surface area (Å²) in [6.45, 7) is 19.3. The number of non-ortho nitro benzene ring substituents is 1. The Bertz CT molecular complexity index is 4140. The summed E-state index contributed by atoms with van der Waals surface area (Å²) in [5, 5.41) is 37.1. The van der Waals surface area contributed by atoms with Gasteiger partial charge in [0.05, 0.1) is 66.9 Å². The molecule has 0 atom stereocenters. The molecular formula is C64H61Cl2N9O6S4. The number of nitrogens with zero attached hydrogens (tertiary/aromatic N) is 9. The summed E-state index contributed by atoms with van der Waals surface area (Å²) in [6, 6.07) is 40.4. The van der Waals surface area contributed by atoms with Gasteiger partial charge >= 0.3 is 0 Å². The fourth-order valence-electron chi connectivity index (χ4n) is 8.57. The van der Waals surface area contributed by atoms with Crippen LogP contribution < -0.4 is 0 Å². The quantitative estimate of drug-likeness (QED) is 0.108. The van der Waals surface area contributed by atoms with Gasteiger partial charge in [-0.3, -0.25) is 35.3 Å². The Morgan fingerprint density at radius 1 is 0.400 bits per heavy atom. The molecule has 0 fully saturated rings. The Morgan fingerprint density at radius 3 is 1.20 bits per heavy atom. The zero-order valence-corrected chi connectivity index (χ0v) is 53.8. The van der Waals surface area contributed by atoms with Gasteiger partial charge in [0, 0.05) is 46.1 Å². The third kappa shape index (κ3) is 14.7. The number of aryl methyl sites for hydroxylation is 8. The molecule has 0 saturated carbocycles. The summed E-state index contributed by atoms with van der Waals surface area (Å²) in [7, 11) is 6.00. The largest absolute Gasteiger partial charge is 0.312 e. The van der Waals surface area contributed by atoms with Crippen molar-refractivity contribution < 1.29 is 14.8 Å². The second-order valence-corrected chi connectivity index (χ2v) is 24.4. The van der Waals surface area contributed by atoms with Gasteiger partial charge in [-0.25, -0.2) is 19.9 Å². The topological polar surface area (TPSA) is 197 Å². The van der Waals surface area contributed by atoms with Crippen LogP contribution in [0.3, 0.4) is 0 Å². The molecule has 0 aliphatic heterocycles. The fraction of sp³-hybridized carbons (Fsp3) is 0.203. The van der Waals surface area contributed by atoms with Gasteiger partial charge in [-0.15, -0.1) is 45.3 Å². The van der Waals surface area contributed by atoms with Crippen LogP contribution in [0.4, 0.5) is 17.1 Å². The van der Waals surface area contributed by atoms with E-state index in [2.05, 4.69) is 65.0 Å². The van der Waals surface area contributed by atoms with E-state index in [9.17, 15) is 30.3 Å². The smallest absolute Gasteiger partial charge is 0.293 e. The average molecular weight is 1250 g/mol. The van der Waals surface area contributed by atoms with Crippen LogP contribution in [0, 0.1) is 85.7 Å². The van der Waals surface area contributed by atoms with E-state index in [1.165, 1.54) is 60.9 Å². The van der Waals surface area contributed by atoms with Crippen molar-refractivity contribution in [2.45, 2.75) is 69.2 Å². The van der Waals surface area contributed by atoms with Crippen LogP contribution >= 0.6 is 68.5 Å². The van der Waals surface area contributed by atoms with Gasteiger partial charge in [-0.1, -0.05) is 128 Å². The van der Waals surface area contributed by atoms with Crippen LogP contribution in [0.2, 0.25) is 10.0 Å². The first-order valence-corrected chi connectivity index (χ1v) is 30.7. The molecule has 0 aliphatic carbocycles. The fourth-order valence-corrected chi connectivity index (χ4v) is 13.7. The number of nitro benzene ring substituents is 3. The summed E-state index contributed by atoms with van der Waals surface area (Å²) in [5.74, 6) is 0. The van der Waals surface area contributed by atoms with Crippen molar-refractivity contribution in [2.24, 2.45) is 0 Å². The van der Waals surface area contributed by atoms with E-state index < -0.39 is 14.8 Å². The van der Waals surface area contributed by atoms with E-state index in [-0.39, 0.29) is 27.1 Å². The van der Waals surface area contributed by atoms with Crippen LogP contribution in [-0.2, 0) is 0 Å². The Kier molecular flexibility index (Phi) is 21.8. The van der Waals surface area contributed by atoms with Gasteiger partial charge in [-0.05, 0) is 129 Å². The first-order chi connectivity index (χ1) is 40.6. The Hall–Kier alpha value is -8.01. The van der Waals surface area contributed by atoms with Crippen LogP contribution in [0.5, 0.6) is 0 Å². The molecule has 0 saturated heterocycles. The number of thiazole rings is 4. The molecule has 21 heteroatoms. The van der Waals surface area contributed by atoms with Crippen LogP contribution in [0.25, 0.3) is 83.3 Å². The number of aromatic nitrogens is 5. The SMILES string of the molecule is CC.CN(C)C.Cc1c(Cl)c([N+](=O)[O-])c(C)c2sc(-c3ccccc3)nc12.Cc1c([N+](=O)[O-])c(Cl)c(C)c2sc(-c3ccccc3)nc12.Cc1ccc(C)c2sc(-c3ccc([N+](=O)[O-])cc3)nc12.Cc1ccc(C)c2sc(-c3ccccn3)nc12. The van der Waals surface area contributed by atoms with E-state index in [1.54, 1.807) is 68.7 Å². The Morgan fingerprint density at radius 2 is 0.765 bits per heavy atom. The lowest BCUT2D eigenvalue weighted by Crippen LogP contribution is -1.99. The molecule has 5 aromatic heterocycles. The minimum atomic E-state index is -0.439. The number of pyridine rings is 1. The predicted molar refractivity (Wildman–Crippen MR) is 357 cm³/mol. The molecule has 7 aromatic carbocycles. The highest BCUT2D eigenvalue weighted by atomic mass is 35.5. The van der Waals surface area contributed by atoms with Crippen LogP contribution in [0.15, 0.2) is 134 Å². The van der Waals surface area contributed by atoms with Gasteiger partial charge in [-0.2, -0.15) is 0 Å². The summed E-state index contributed by atoms with van der Waals surface area (Å²) in [4.78, 5) is 56.8. The van der Waals surface area contributed by atoms with E-state index in [1.807, 2.05) is 126 Å². The zero-order valence-electron chi connectivity index (χ0n) is 49.1. The highest BCUT2D eigenvalue weighted by Gasteiger charge is 2.27. The minimum Gasteiger partial charge on any atom is -0.312 e. The molecule has 436 valence electrons. The summed E-state index contributed by atoms with van der Waals surface area (Å²) in [5.41, 5.74) is 14.7. The van der Waals surface area contributed by atoms with Crippen LogP contribution in [0.1, 0.15) is 58.4 Å². The molecule has 0 spiro atoms. The first kappa shape index (κ1) is 64.5. The number of rotatable bonds is 7. The zero-order chi connectivity index (χ0) is 62.0. The van der Waals surface area contributed by atoms with E-state index in [0.717, 1.165) is 73.9 Å². The Labute approximate surface area is 518 Å². The first-order valence-electron chi connectivity index (χ1n) is 26.6. The third-order valence-corrected chi connectivity index (χ3v) is 18.8. The van der Waals surface area contributed by atoms with Crippen molar-refractivity contribution in [3.63, 3.8) is 0 Å². The number of fused-ring (bicyclic) bond motifs is 4. The molecule has 0 radical (unpaired) electrons. The minimum absolute atomic E-state index is 0.0232. The van der Waals surface area contributed by atoms with Crippen molar-refractivity contribution in [3.8, 4) is 42.4 Å². The molecule has 0 amide bonds. The van der Waals surface area contributed by atoms with Gasteiger partial charge in [0.2, 0.25) is 0 Å². The number of nitro groups is 3. The molecule has 0 unspecified atom stereocenters. The van der Waals surface area contributed by atoms with E-state index >= 15 is 0 Å². The molecular weight excluding hydrogens is 1190 g/mol. The lowest BCUT2D eigenvalue weighted by atomic mass is 10.1. The Balaban J connectivity index is 0.000000158. The van der Waals surface area contributed by atoms with Gasteiger partial charge in [0.25, 0.3) is 17.1 Å². The highest BCUT2D eigenvalue weighted by molar-refractivity contribution is 7.23. The van der Waals surface area contributed by atoms with Crippen molar-refractivity contribution in [2.75, 3.05) is 21.1 Å². The predicted octanol–water partition coefficient (Wildman–Crippen LogP) is 20.0. The lowest BCUT2D eigenvalue weighted by Gasteiger charge is -2.04. The van der Waals surface area contributed by atoms with Crippen molar-refractivity contribution >= 4 is 126 Å². The van der Waals surface area contributed by atoms with Gasteiger partial charge in [0.15, 0.2) is 0 Å². The number of benzene rings is 7. The molecule has 5 heterocycles. The third-order valence-electron chi connectivity index (χ3n) is 12.9. The standard InChI is InChI=1S/2C15H11ClN2O2S.C15H12N2O2S.C14H12N2S.C3H9N.C2H6/c1-8-11(16)13(18(19)20)9(2)12-14(8)21-15(17-12)10-6-4-3-5-7-10;1-8-11(16)13(18(19)20)9(2)14-12(8)17-15(21-14)10-6-4-3-5-7-10;1-9-3-4-10(2)14-13(9)16-15(20-14)11-5-7-12(8-6-11)17(18)19;1-9-6-7-10(2)13-12(9)16-14(17-13)11-5-3-4-8-15-11;1-4(2)3;1-2/h2*3-7H,1-2H3;3-8H,1-2H3;3-8H,1-2H3;1-3H3;1-2H3. The monoisotopic (exact) mass is 1250 g/mol. The molecule has 0 N–H and O–H groups in total. The van der Waals surface area contributed by atoms with E-state index in [4.69, 9.17) is 28.2 Å². The van der Waals surface area contributed by atoms with Crippen LogP contribution in [-0.4, -0.2) is 65.7 Å². The maximum atomic E-state index is 11.2. The average Bonchev–Trinajstić information content (AvgIpc) is 2.39. The summed E-state index contributed by atoms with van der Waals surface area (Å²) in [6.07, 6.45) is 1.81. The maximum Gasteiger partial charge on any atom is 0.293 e. The molecule has 85 heavy (non-hydrogen) atoms. The number of halogens is 2. The summed E-state index contributed by atoms with van der Waals surface area (Å²) < 4.78 is 4.17. The molecule has 0 aliphatic rings. The second-order valence-electron chi connectivity index (χ2n) is 19.6. The summed E-state index contributed by atoms with van der Waals surface area (Å²) >= 11 is 18.6. The lowest BCUT2D eigenvalue weighted by molar-refractivity contribution is -0.385. The van der Waals surface area contributed by atoms with E-state index in [0.29, 0.717) is 27.8 Å². The normalized spacial score (nSPS) is 10.7. The maximum absolute atomic E-state index is 11.2. The molecule has 0 bridgehead atoms. The number of hydrogen-bond acceptors (Lipinski definition) is 16. The highest BCUT2D eigenvalue weighted by Crippen LogP contribution is 2.44. The molecule has 12 rings (SSSR count). The second kappa shape index (κ2) is 28.7.